The van der Waals surface area contributed by atoms with Crippen molar-refractivity contribution in [1.82, 2.24) is 4.31 Å². The van der Waals surface area contributed by atoms with Gasteiger partial charge in [0, 0.05) is 19.7 Å². The van der Waals surface area contributed by atoms with Crippen molar-refractivity contribution >= 4 is 27.3 Å². The van der Waals surface area contributed by atoms with Crippen LogP contribution in [0.3, 0.4) is 0 Å². The van der Waals surface area contributed by atoms with E-state index >= 15 is 0 Å². The number of thiophene rings is 1. The Labute approximate surface area is 123 Å². The Kier molecular flexibility index (Phi) is 6.12. The van der Waals surface area contributed by atoms with E-state index in [1.807, 2.05) is 6.92 Å². The minimum atomic E-state index is -3.66. The summed E-state index contributed by atoms with van der Waals surface area (Å²) in [6.45, 7) is 6.59. The van der Waals surface area contributed by atoms with Crippen LogP contribution in [0.4, 0.5) is 0 Å². The summed E-state index contributed by atoms with van der Waals surface area (Å²) in [6.07, 6.45) is 0. The molecule has 0 atom stereocenters. The minimum Gasteiger partial charge on any atom is -0.477 e. The maximum Gasteiger partial charge on any atom is 0.346 e. The van der Waals surface area contributed by atoms with Crippen LogP contribution in [0.2, 0.25) is 0 Å². The molecule has 0 aliphatic rings. The van der Waals surface area contributed by atoms with Crippen LogP contribution in [0, 0.1) is 6.92 Å². The summed E-state index contributed by atoms with van der Waals surface area (Å²) in [5, 5.41) is 9.00. The summed E-state index contributed by atoms with van der Waals surface area (Å²) < 4.78 is 31.4. The fourth-order valence-electron chi connectivity index (χ4n) is 1.68. The largest absolute Gasteiger partial charge is 0.477 e. The lowest BCUT2D eigenvalue weighted by Crippen LogP contribution is -2.33. The molecule has 6 nitrogen and oxygen atoms in total. The Balaban J connectivity index is 3.01. The molecular weight excluding hydrogens is 302 g/mol. The number of likely N-dealkylation sites (N-methyl/N-ethyl adjacent to an activating group) is 1. The number of carboxylic acid groups (broad SMARTS) is 1. The highest BCUT2D eigenvalue weighted by Gasteiger charge is 2.27. The third-order valence-corrected chi connectivity index (χ3v) is 6.37. The van der Waals surface area contributed by atoms with Crippen molar-refractivity contribution in [2.75, 3.05) is 26.3 Å². The molecule has 0 bridgehead atoms. The molecule has 1 heterocycles. The van der Waals surface area contributed by atoms with Gasteiger partial charge in [0.15, 0.2) is 0 Å². The van der Waals surface area contributed by atoms with Gasteiger partial charge < -0.3 is 9.84 Å². The molecule has 0 radical (unpaired) electrons. The van der Waals surface area contributed by atoms with Gasteiger partial charge in [0.1, 0.15) is 9.09 Å². The van der Waals surface area contributed by atoms with Gasteiger partial charge in [-0.3, -0.25) is 0 Å². The summed E-state index contributed by atoms with van der Waals surface area (Å²) in [6, 6.07) is 1.41. The van der Waals surface area contributed by atoms with Gasteiger partial charge in [-0.2, -0.15) is 4.31 Å². The van der Waals surface area contributed by atoms with E-state index in [1.165, 1.54) is 10.4 Å². The second-order valence-corrected chi connectivity index (χ2v) is 7.29. The summed E-state index contributed by atoms with van der Waals surface area (Å²) in [4.78, 5) is 11.1. The molecule has 0 saturated carbocycles. The normalized spacial score (nSPS) is 12.0. The molecule has 0 aromatic carbocycles. The van der Waals surface area contributed by atoms with E-state index in [9.17, 15) is 13.2 Å². The van der Waals surface area contributed by atoms with Crippen LogP contribution in [0.5, 0.6) is 0 Å². The lowest BCUT2D eigenvalue weighted by molar-refractivity contribution is 0.0701. The molecule has 0 aliphatic heterocycles. The van der Waals surface area contributed by atoms with Crippen LogP contribution in [0.15, 0.2) is 10.3 Å². The molecule has 0 spiro atoms. The number of sulfonamides is 1. The second kappa shape index (κ2) is 7.16. The van der Waals surface area contributed by atoms with Crippen molar-refractivity contribution in [3.63, 3.8) is 0 Å². The first-order valence-electron chi connectivity index (χ1n) is 6.26. The van der Waals surface area contributed by atoms with E-state index in [4.69, 9.17) is 9.84 Å². The van der Waals surface area contributed by atoms with E-state index in [0.29, 0.717) is 25.3 Å². The number of carbonyl (C=O) groups is 1. The molecule has 1 aromatic heterocycles. The lowest BCUT2D eigenvalue weighted by atomic mass is 10.3. The van der Waals surface area contributed by atoms with Gasteiger partial charge in [-0.1, -0.05) is 6.92 Å². The molecule has 114 valence electrons. The molecule has 0 unspecified atom stereocenters. The molecule has 20 heavy (non-hydrogen) atoms. The third kappa shape index (κ3) is 3.78. The van der Waals surface area contributed by atoms with Crippen LogP contribution in [-0.4, -0.2) is 50.1 Å². The highest BCUT2D eigenvalue weighted by molar-refractivity contribution is 7.91. The predicted molar refractivity (Wildman–Crippen MR) is 76.9 cm³/mol. The van der Waals surface area contributed by atoms with Crippen molar-refractivity contribution in [1.29, 1.82) is 0 Å². The monoisotopic (exact) mass is 321 g/mol. The van der Waals surface area contributed by atoms with Gasteiger partial charge in [0.05, 0.1) is 6.61 Å². The first kappa shape index (κ1) is 17.1. The maximum absolute atomic E-state index is 12.4. The summed E-state index contributed by atoms with van der Waals surface area (Å²) in [7, 11) is -3.66. The third-order valence-electron chi connectivity index (χ3n) is 2.73. The lowest BCUT2D eigenvalue weighted by Gasteiger charge is -2.19. The summed E-state index contributed by atoms with van der Waals surface area (Å²) in [5.41, 5.74) is 0.460. The second-order valence-electron chi connectivity index (χ2n) is 4.08. The van der Waals surface area contributed by atoms with Crippen molar-refractivity contribution in [3.8, 4) is 0 Å². The maximum atomic E-state index is 12.4. The first-order valence-corrected chi connectivity index (χ1v) is 8.51. The van der Waals surface area contributed by atoms with Crippen molar-refractivity contribution in [2.45, 2.75) is 25.0 Å². The number of aromatic carboxylic acids is 1. The van der Waals surface area contributed by atoms with E-state index in [1.54, 1.807) is 13.8 Å². The molecule has 1 N–H and O–H groups in total. The number of hydrogen-bond acceptors (Lipinski definition) is 5. The Morgan fingerprint density at radius 2 is 2.10 bits per heavy atom. The number of rotatable bonds is 8. The predicted octanol–water partition coefficient (Wildman–Crippen LogP) is 1.80. The Morgan fingerprint density at radius 3 is 2.55 bits per heavy atom. The summed E-state index contributed by atoms with van der Waals surface area (Å²) >= 11 is 0.787. The molecule has 1 aromatic rings. The number of nitrogens with zero attached hydrogens (tertiary/aromatic N) is 1. The molecule has 0 aliphatic carbocycles. The summed E-state index contributed by atoms with van der Waals surface area (Å²) in [5.74, 6) is -1.11. The van der Waals surface area contributed by atoms with Crippen molar-refractivity contribution < 1.29 is 23.1 Å². The van der Waals surface area contributed by atoms with Gasteiger partial charge in [-0.25, -0.2) is 13.2 Å². The standard InChI is InChI=1S/C12H19NO5S2/c1-4-13(6-7-18-5-2)20(16,17)10-8-9(3)11(19-10)12(14)15/h8H,4-7H2,1-3H3,(H,14,15). The molecule has 8 heteroatoms. The Bertz CT molecular complexity index is 564. The van der Waals surface area contributed by atoms with Gasteiger partial charge in [0.2, 0.25) is 0 Å². The zero-order chi connectivity index (χ0) is 15.3. The van der Waals surface area contributed by atoms with Crippen molar-refractivity contribution in [2.24, 2.45) is 0 Å². The number of carboxylic acids is 1. The number of hydrogen-bond donors (Lipinski definition) is 1. The van der Waals surface area contributed by atoms with Gasteiger partial charge in [-0.15, -0.1) is 11.3 Å². The minimum absolute atomic E-state index is 0.0597. The fourth-order valence-corrected chi connectivity index (χ4v) is 4.65. The molecular formula is C12H19NO5S2. The van der Waals surface area contributed by atoms with E-state index < -0.39 is 16.0 Å². The molecule has 0 saturated heterocycles. The molecule has 1 rings (SSSR count). The zero-order valence-corrected chi connectivity index (χ0v) is 13.4. The van der Waals surface area contributed by atoms with Gasteiger partial charge >= 0.3 is 5.97 Å². The van der Waals surface area contributed by atoms with Gasteiger partial charge in [0.25, 0.3) is 10.0 Å². The SMILES string of the molecule is CCOCCN(CC)S(=O)(=O)c1cc(C)c(C(=O)O)s1. The Hall–Kier alpha value is -0.960. The smallest absolute Gasteiger partial charge is 0.346 e. The number of aryl methyl sites for hydroxylation is 1. The highest BCUT2D eigenvalue weighted by atomic mass is 32.2. The van der Waals surface area contributed by atoms with Crippen LogP contribution < -0.4 is 0 Å². The van der Waals surface area contributed by atoms with Crippen LogP contribution in [0.25, 0.3) is 0 Å². The molecule has 0 amide bonds. The van der Waals surface area contributed by atoms with Crippen molar-refractivity contribution in [3.05, 3.63) is 16.5 Å². The van der Waals surface area contributed by atoms with E-state index in [2.05, 4.69) is 0 Å². The van der Waals surface area contributed by atoms with Crippen LogP contribution in [-0.2, 0) is 14.8 Å². The van der Waals surface area contributed by atoms with Gasteiger partial charge in [-0.05, 0) is 25.5 Å². The van der Waals surface area contributed by atoms with Crippen LogP contribution >= 0.6 is 11.3 Å². The average molecular weight is 321 g/mol. The first-order chi connectivity index (χ1) is 9.34. The average Bonchev–Trinajstić information content (AvgIpc) is 2.77. The van der Waals surface area contributed by atoms with E-state index in [0.717, 1.165) is 11.3 Å². The Morgan fingerprint density at radius 1 is 1.45 bits per heavy atom. The highest BCUT2D eigenvalue weighted by Crippen LogP contribution is 2.28. The molecule has 0 fully saturated rings. The number of ether oxygens (including phenoxy) is 1. The fraction of sp³-hybridized carbons (Fsp3) is 0.583. The quantitative estimate of drug-likeness (QED) is 0.738. The van der Waals surface area contributed by atoms with E-state index in [-0.39, 0.29) is 15.6 Å². The topological polar surface area (TPSA) is 83.9 Å². The van der Waals surface area contributed by atoms with Crippen LogP contribution in [0.1, 0.15) is 29.1 Å². The zero-order valence-electron chi connectivity index (χ0n) is 11.7.